The van der Waals surface area contributed by atoms with E-state index in [1.807, 2.05) is 0 Å². The third-order valence-corrected chi connectivity index (χ3v) is 3.93. The van der Waals surface area contributed by atoms with Gasteiger partial charge in [0.1, 0.15) is 5.69 Å². The number of nitrogens with one attached hydrogen (secondary N) is 1. The fraction of sp³-hybridized carbons (Fsp3) is 0.636. The molecule has 1 heterocycles. The highest BCUT2D eigenvalue weighted by atomic mass is 19.3. The minimum Gasteiger partial charge on any atom is -0.400 e. The lowest BCUT2D eigenvalue weighted by molar-refractivity contribution is 0.0631. The Morgan fingerprint density at radius 3 is 2.76 bits per heavy atom. The second-order valence-corrected chi connectivity index (χ2v) is 4.66. The van der Waals surface area contributed by atoms with E-state index < -0.39 is 17.3 Å². The van der Waals surface area contributed by atoms with E-state index in [4.69, 9.17) is 5.11 Å². The predicted molar refractivity (Wildman–Crippen MR) is 56.1 cm³/mol. The van der Waals surface area contributed by atoms with Gasteiger partial charge in [0.15, 0.2) is 6.29 Å². The van der Waals surface area contributed by atoms with Crippen LogP contribution in [0.5, 0.6) is 0 Å². The molecular weight excluding hydrogens is 230 g/mol. The molecule has 2 aliphatic carbocycles. The molecule has 6 heteroatoms. The molecule has 4 nitrogen and oxygen atoms in total. The maximum Gasteiger partial charge on any atom is 0.258 e. The molecule has 3 rings (SSSR count). The Labute approximate surface area is 97.0 Å². The Balaban J connectivity index is 0.000000514. The highest BCUT2D eigenvalue weighted by Gasteiger charge is 2.78. The van der Waals surface area contributed by atoms with Crippen molar-refractivity contribution in [2.75, 3.05) is 7.11 Å². The van der Waals surface area contributed by atoms with Gasteiger partial charge >= 0.3 is 0 Å². The smallest absolute Gasteiger partial charge is 0.258 e. The summed E-state index contributed by atoms with van der Waals surface area (Å²) in [6, 6.07) is 0. The van der Waals surface area contributed by atoms with Crippen LogP contribution in [0.1, 0.15) is 28.7 Å². The number of H-pyrrole nitrogens is 1. The number of hydrogen-bond donors (Lipinski definition) is 2. The Bertz CT molecular complexity index is 458. The Morgan fingerprint density at radius 1 is 1.53 bits per heavy atom. The van der Waals surface area contributed by atoms with Crippen LogP contribution in [0.25, 0.3) is 0 Å². The van der Waals surface area contributed by atoms with Crippen LogP contribution in [-0.4, -0.2) is 34.6 Å². The summed E-state index contributed by atoms with van der Waals surface area (Å²) >= 11 is 0. The van der Waals surface area contributed by atoms with Gasteiger partial charge in [0, 0.05) is 36.1 Å². The number of aliphatic hydroxyl groups is 1. The van der Waals surface area contributed by atoms with Crippen molar-refractivity contribution >= 4 is 6.29 Å². The minimum absolute atomic E-state index is 0.267. The van der Waals surface area contributed by atoms with Crippen molar-refractivity contribution in [3.63, 3.8) is 0 Å². The lowest BCUT2D eigenvalue weighted by atomic mass is 9.88. The van der Waals surface area contributed by atoms with Gasteiger partial charge < -0.3 is 5.11 Å². The molecule has 0 aliphatic heterocycles. The molecular formula is C11H14F2N2O2. The molecule has 1 aromatic rings. The number of carbonyl (C=O) groups excluding carboxylic acids is 1. The molecule has 2 atom stereocenters. The monoisotopic (exact) mass is 244 g/mol. The zero-order valence-corrected chi connectivity index (χ0v) is 9.63. The minimum atomic E-state index is -2.59. The van der Waals surface area contributed by atoms with Crippen LogP contribution < -0.4 is 0 Å². The summed E-state index contributed by atoms with van der Waals surface area (Å²) in [4.78, 5) is 10.6. The van der Waals surface area contributed by atoms with Crippen LogP contribution in [0.3, 0.4) is 0 Å². The predicted octanol–water partition coefficient (Wildman–Crippen LogP) is 1.20. The van der Waals surface area contributed by atoms with E-state index in [-0.39, 0.29) is 12.1 Å². The molecule has 1 aromatic heterocycles. The zero-order valence-electron chi connectivity index (χ0n) is 9.63. The number of fused-ring (bicyclic) bond motifs is 2. The Morgan fingerprint density at radius 2 is 2.18 bits per heavy atom. The topological polar surface area (TPSA) is 66.0 Å². The normalized spacial score (nSPS) is 31.7. The van der Waals surface area contributed by atoms with Crippen molar-refractivity contribution in [3.05, 3.63) is 17.0 Å². The first-order valence-corrected chi connectivity index (χ1v) is 5.34. The number of aldehydes is 1. The van der Waals surface area contributed by atoms with Crippen molar-refractivity contribution in [1.82, 2.24) is 10.2 Å². The fourth-order valence-corrected chi connectivity index (χ4v) is 2.73. The standard InChI is InChI=1S/C10H10F2N2O.CH4O/c1-9-3-6-5(7(4-15)14-13-6)2-8(9)10(9,11)12;1-2/h4,8H,2-3H2,1H3,(H,13,14);2H,1H3. The van der Waals surface area contributed by atoms with Crippen LogP contribution in [0.2, 0.25) is 0 Å². The lowest BCUT2D eigenvalue weighted by Crippen LogP contribution is -2.14. The SMILES string of the molecule is CC12Cc3[nH]nc(C=O)c3CC1C2(F)F.CO. The first kappa shape index (κ1) is 12.2. The van der Waals surface area contributed by atoms with Crippen LogP contribution in [0, 0.1) is 11.3 Å². The van der Waals surface area contributed by atoms with Crippen LogP contribution in [-0.2, 0) is 12.8 Å². The van der Waals surface area contributed by atoms with E-state index in [1.165, 1.54) is 0 Å². The van der Waals surface area contributed by atoms with E-state index in [0.29, 0.717) is 24.0 Å². The van der Waals surface area contributed by atoms with Gasteiger partial charge in [0.2, 0.25) is 0 Å². The number of alkyl halides is 2. The van der Waals surface area contributed by atoms with Crippen LogP contribution >= 0.6 is 0 Å². The molecule has 2 N–H and O–H groups in total. The van der Waals surface area contributed by atoms with E-state index >= 15 is 0 Å². The van der Waals surface area contributed by atoms with Crippen molar-refractivity contribution in [1.29, 1.82) is 0 Å². The van der Waals surface area contributed by atoms with E-state index in [9.17, 15) is 13.6 Å². The van der Waals surface area contributed by atoms with Gasteiger partial charge in [0.05, 0.1) is 0 Å². The van der Waals surface area contributed by atoms with Gasteiger partial charge in [-0.15, -0.1) is 0 Å². The number of nitrogens with zero attached hydrogens (tertiary/aromatic N) is 1. The maximum atomic E-state index is 13.4. The third-order valence-electron chi connectivity index (χ3n) is 3.93. The quantitative estimate of drug-likeness (QED) is 0.729. The van der Waals surface area contributed by atoms with E-state index in [1.54, 1.807) is 6.92 Å². The number of hydrogen-bond acceptors (Lipinski definition) is 3. The number of aromatic amines is 1. The lowest BCUT2D eigenvalue weighted by Gasteiger charge is -2.14. The highest BCUT2D eigenvalue weighted by molar-refractivity contribution is 5.75. The van der Waals surface area contributed by atoms with Gasteiger partial charge in [-0.3, -0.25) is 9.89 Å². The van der Waals surface area contributed by atoms with Crippen molar-refractivity contribution in [3.8, 4) is 0 Å². The van der Waals surface area contributed by atoms with E-state index in [0.717, 1.165) is 7.11 Å². The van der Waals surface area contributed by atoms with E-state index in [2.05, 4.69) is 10.2 Å². The molecule has 0 spiro atoms. The number of carbonyl (C=O) groups is 1. The van der Waals surface area contributed by atoms with Gasteiger partial charge in [-0.2, -0.15) is 5.10 Å². The van der Waals surface area contributed by atoms with Gasteiger partial charge in [-0.1, -0.05) is 6.92 Å². The van der Waals surface area contributed by atoms with Gasteiger partial charge in [0.25, 0.3) is 5.92 Å². The summed E-state index contributed by atoms with van der Waals surface area (Å²) in [5.41, 5.74) is 0.750. The molecule has 2 aliphatic rings. The molecule has 0 amide bonds. The first-order valence-electron chi connectivity index (χ1n) is 5.34. The van der Waals surface area contributed by atoms with Crippen LogP contribution in [0.15, 0.2) is 0 Å². The Hall–Kier alpha value is -1.30. The fourth-order valence-electron chi connectivity index (χ4n) is 2.73. The zero-order chi connectivity index (χ0) is 12.8. The number of halogens is 2. The van der Waals surface area contributed by atoms with Gasteiger partial charge in [-0.25, -0.2) is 8.78 Å². The molecule has 0 aromatic carbocycles. The summed E-state index contributed by atoms with van der Waals surface area (Å²) in [5, 5.41) is 13.5. The molecule has 1 fully saturated rings. The summed E-state index contributed by atoms with van der Waals surface area (Å²) in [7, 11) is 1.00. The number of rotatable bonds is 1. The third kappa shape index (κ3) is 1.36. The molecule has 94 valence electrons. The molecule has 0 bridgehead atoms. The molecule has 17 heavy (non-hydrogen) atoms. The van der Waals surface area contributed by atoms with Crippen molar-refractivity contribution in [2.45, 2.75) is 25.7 Å². The second kappa shape index (κ2) is 3.60. The molecule has 1 saturated carbocycles. The summed E-state index contributed by atoms with van der Waals surface area (Å²) in [5.74, 6) is -3.21. The molecule has 2 unspecified atom stereocenters. The largest absolute Gasteiger partial charge is 0.400 e. The summed E-state index contributed by atoms with van der Waals surface area (Å²) in [6.45, 7) is 1.60. The maximum absolute atomic E-state index is 13.4. The van der Waals surface area contributed by atoms with Gasteiger partial charge in [-0.05, 0) is 6.42 Å². The Kier molecular flexibility index (Phi) is 2.57. The molecule has 0 saturated heterocycles. The average Bonchev–Trinajstić information content (AvgIpc) is 2.66. The van der Waals surface area contributed by atoms with Crippen molar-refractivity contribution in [2.24, 2.45) is 11.3 Å². The number of aromatic nitrogens is 2. The van der Waals surface area contributed by atoms with Crippen LogP contribution in [0.4, 0.5) is 8.78 Å². The average molecular weight is 244 g/mol. The first-order chi connectivity index (χ1) is 8.00. The molecule has 0 radical (unpaired) electrons. The highest BCUT2D eigenvalue weighted by Crippen LogP contribution is 2.70. The summed E-state index contributed by atoms with van der Waals surface area (Å²) in [6.07, 6.45) is 1.18. The number of aliphatic hydroxyl groups excluding tert-OH is 1. The summed E-state index contributed by atoms with van der Waals surface area (Å²) < 4.78 is 26.9. The second-order valence-electron chi connectivity index (χ2n) is 4.66. The van der Waals surface area contributed by atoms with Crippen molar-refractivity contribution < 1.29 is 18.7 Å².